The number of benzene rings is 1. The smallest absolute Gasteiger partial charge is 0.122 e. The second-order valence-corrected chi connectivity index (χ2v) is 3.99. The highest BCUT2D eigenvalue weighted by Gasteiger charge is 2.03. The lowest BCUT2D eigenvalue weighted by molar-refractivity contribution is 0.287. The Hall–Kier alpha value is -0.730. The normalized spacial score (nSPS) is 12.5. The predicted molar refractivity (Wildman–Crippen MR) is 64.5 cm³/mol. The summed E-state index contributed by atoms with van der Waals surface area (Å²) in [5.74, 6) is 0.936. The molecular formula is C12H18ClNO. The molecule has 1 atom stereocenters. The molecule has 2 nitrogen and oxygen atoms in total. The monoisotopic (exact) mass is 227 g/mol. The number of aryl methyl sites for hydroxylation is 2. The van der Waals surface area contributed by atoms with Crippen LogP contribution in [0.3, 0.4) is 0 Å². The Morgan fingerprint density at radius 1 is 1.47 bits per heavy atom. The van der Waals surface area contributed by atoms with Gasteiger partial charge in [-0.05, 0) is 49.2 Å². The van der Waals surface area contributed by atoms with E-state index < -0.39 is 0 Å². The van der Waals surface area contributed by atoms with Crippen LogP contribution in [-0.2, 0) is 6.42 Å². The predicted octanol–water partition coefficient (Wildman–Crippen LogP) is 3.07. The highest BCUT2D eigenvalue weighted by Crippen LogP contribution is 2.19. The minimum absolute atomic E-state index is 0.150. The van der Waals surface area contributed by atoms with Crippen LogP contribution in [-0.4, -0.2) is 12.6 Å². The number of halogens is 1. The first-order chi connectivity index (χ1) is 7.17. The van der Waals surface area contributed by atoms with Crippen LogP contribution in [0.4, 0.5) is 0 Å². The van der Waals surface area contributed by atoms with E-state index in [0.29, 0.717) is 6.61 Å². The molecule has 0 aliphatic rings. The van der Waals surface area contributed by atoms with Crippen molar-refractivity contribution in [2.75, 3.05) is 6.61 Å². The van der Waals surface area contributed by atoms with Gasteiger partial charge in [0.25, 0.3) is 0 Å². The summed E-state index contributed by atoms with van der Waals surface area (Å²) in [6.45, 7) is 6.76. The Morgan fingerprint density at radius 3 is 2.73 bits per heavy atom. The molecule has 0 radical (unpaired) electrons. The summed E-state index contributed by atoms with van der Waals surface area (Å²) in [6, 6.07) is 6.43. The highest BCUT2D eigenvalue weighted by atomic mass is 35.5. The van der Waals surface area contributed by atoms with E-state index in [1.54, 1.807) is 0 Å². The van der Waals surface area contributed by atoms with Gasteiger partial charge in [-0.2, -0.15) is 0 Å². The quantitative estimate of drug-likeness (QED) is 0.781. The molecule has 0 aromatic heterocycles. The van der Waals surface area contributed by atoms with Gasteiger partial charge in [0.05, 0.1) is 6.04 Å². The molecule has 0 amide bonds. The van der Waals surface area contributed by atoms with Gasteiger partial charge in [-0.25, -0.2) is 4.84 Å². The van der Waals surface area contributed by atoms with Crippen LogP contribution in [0.25, 0.3) is 0 Å². The van der Waals surface area contributed by atoms with Crippen LogP contribution in [0, 0.1) is 6.92 Å². The van der Waals surface area contributed by atoms with E-state index in [-0.39, 0.29) is 6.04 Å². The fraction of sp³-hybridized carbons (Fsp3) is 0.500. The van der Waals surface area contributed by atoms with Crippen LogP contribution in [0.15, 0.2) is 18.2 Å². The summed E-state index contributed by atoms with van der Waals surface area (Å²) in [4.78, 5) is 2.62. The highest BCUT2D eigenvalue weighted by molar-refractivity contribution is 6.13. The zero-order chi connectivity index (χ0) is 11.3. The standard InChI is InChI=1S/C12H18ClNO/c1-4-11-5-6-12(9(2)7-11)15-8-10(3)14-13/h5-7,10,14H,4,8H2,1-3H3. The van der Waals surface area contributed by atoms with E-state index in [1.165, 1.54) is 11.1 Å². The molecule has 1 N–H and O–H groups in total. The molecular weight excluding hydrogens is 210 g/mol. The third-order valence-electron chi connectivity index (χ3n) is 2.32. The minimum Gasteiger partial charge on any atom is -0.492 e. The van der Waals surface area contributed by atoms with Crippen molar-refractivity contribution in [2.45, 2.75) is 33.2 Å². The molecule has 15 heavy (non-hydrogen) atoms. The second-order valence-electron chi connectivity index (χ2n) is 3.77. The average Bonchev–Trinajstić information content (AvgIpc) is 2.26. The largest absolute Gasteiger partial charge is 0.492 e. The molecule has 3 heteroatoms. The third kappa shape index (κ3) is 3.73. The van der Waals surface area contributed by atoms with E-state index in [9.17, 15) is 0 Å². The van der Waals surface area contributed by atoms with Crippen molar-refractivity contribution in [3.63, 3.8) is 0 Å². The van der Waals surface area contributed by atoms with Crippen LogP contribution in [0.2, 0.25) is 0 Å². The summed E-state index contributed by atoms with van der Waals surface area (Å²) in [6.07, 6.45) is 1.06. The summed E-state index contributed by atoms with van der Waals surface area (Å²) in [5, 5.41) is 0. The zero-order valence-corrected chi connectivity index (χ0v) is 10.3. The van der Waals surface area contributed by atoms with E-state index in [0.717, 1.165) is 12.2 Å². The van der Waals surface area contributed by atoms with Crippen molar-refractivity contribution < 1.29 is 4.74 Å². The Bertz CT molecular complexity index is 314. The van der Waals surface area contributed by atoms with E-state index >= 15 is 0 Å². The summed E-state index contributed by atoms with van der Waals surface area (Å²) < 4.78 is 5.64. The van der Waals surface area contributed by atoms with E-state index in [2.05, 4.69) is 30.8 Å². The van der Waals surface area contributed by atoms with Crippen molar-refractivity contribution >= 4 is 11.8 Å². The van der Waals surface area contributed by atoms with Crippen molar-refractivity contribution in [3.05, 3.63) is 29.3 Å². The third-order valence-corrected chi connectivity index (χ3v) is 2.70. The fourth-order valence-corrected chi connectivity index (χ4v) is 1.40. The molecule has 0 fully saturated rings. The molecule has 0 saturated carbocycles. The molecule has 0 bridgehead atoms. The van der Waals surface area contributed by atoms with Crippen molar-refractivity contribution in [1.82, 2.24) is 4.84 Å². The van der Waals surface area contributed by atoms with Crippen LogP contribution >= 0.6 is 11.8 Å². The molecule has 0 spiro atoms. The Morgan fingerprint density at radius 2 is 2.20 bits per heavy atom. The topological polar surface area (TPSA) is 21.3 Å². The van der Waals surface area contributed by atoms with Crippen LogP contribution in [0.1, 0.15) is 25.0 Å². The number of ether oxygens (including phenoxy) is 1. The lowest BCUT2D eigenvalue weighted by atomic mass is 10.1. The van der Waals surface area contributed by atoms with E-state index in [1.807, 2.05) is 13.0 Å². The van der Waals surface area contributed by atoms with E-state index in [4.69, 9.17) is 16.5 Å². The Balaban J connectivity index is 2.62. The molecule has 1 unspecified atom stereocenters. The molecule has 1 aromatic rings. The number of rotatable bonds is 5. The number of hydrogen-bond acceptors (Lipinski definition) is 2. The van der Waals surface area contributed by atoms with Gasteiger partial charge in [-0.1, -0.05) is 19.1 Å². The van der Waals surface area contributed by atoms with Crippen molar-refractivity contribution in [1.29, 1.82) is 0 Å². The van der Waals surface area contributed by atoms with Crippen molar-refractivity contribution in [2.24, 2.45) is 0 Å². The number of nitrogens with one attached hydrogen (secondary N) is 1. The lowest BCUT2D eigenvalue weighted by Crippen LogP contribution is -2.24. The van der Waals surface area contributed by atoms with Gasteiger partial charge in [0.1, 0.15) is 12.4 Å². The maximum absolute atomic E-state index is 5.64. The van der Waals surface area contributed by atoms with Gasteiger partial charge in [-0.15, -0.1) is 0 Å². The first-order valence-electron chi connectivity index (χ1n) is 5.25. The van der Waals surface area contributed by atoms with Crippen molar-refractivity contribution in [3.8, 4) is 5.75 Å². The fourth-order valence-electron chi connectivity index (χ4n) is 1.34. The molecule has 1 rings (SSSR count). The van der Waals surface area contributed by atoms with Gasteiger partial charge in [0.15, 0.2) is 0 Å². The van der Waals surface area contributed by atoms with Gasteiger partial charge in [-0.3, -0.25) is 0 Å². The maximum atomic E-state index is 5.64. The Labute approximate surface area is 96.7 Å². The van der Waals surface area contributed by atoms with Gasteiger partial charge < -0.3 is 4.74 Å². The lowest BCUT2D eigenvalue weighted by Gasteiger charge is -2.13. The summed E-state index contributed by atoms with van der Waals surface area (Å²) in [5.41, 5.74) is 2.51. The molecule has 0 aliphatic heterocycles. The maximum Gasteiger partial charge on any atom is 0.122 e. The summed E-state index contributed by atoms with van der Waals surface area (Å²) in [7, 11) is 0. The van der Waals surface area contributed by atoms with Crippen LogP contribution < -0.4 is 9.57 Å². The molecule has 0 heterocycles. The minimum atomic E-state index is 0.150. The first-order valence-corrected chi connectivity index (χ1v) is 5.63. The number of hydrogen-bond donors (Lipinski definition) is 1. The molecule has 84 valence electrons. The summed E-state index contributed by atoms with van der Waals surface area (Å²) >= 11 is 5.48. The molecule has 0 aliphatic carbocycles. The SMILES string of the molecule is CCc1ccc(OCC(C)NCl)c(C)c1. The second kappa shape index (κ2) is 5.99. The molecule has 0 saturated heterocycles. The first kappa shape index (κ1) is 12.3. The average molecular weight is 228 g/mol. The Kier molecular flexibility index (Phi) is 4.92. The molecule has 1 aromatic carbocycles. The van der Waals surface area contributed by atoms with Gasteiger partial charge in [0.2, 0.25) is 0 Å². The van der Waals surface area contributed by atoms with Crippen LogP contribution in [0.5, 0.6) is 5.75 Å². The van der Waals surface area contributed by atoms with Gasteiger partial charge in [0, 0.05) is 0 Å². The zero-order valence-electron chi connectivity index (χ0n) is 9.51. The van der Waals surface area contributed by atoms with Gasteiger partial charge >= 0.3 is 0 Å².